The summed E-state index contributed by atoms with van der Waals surface area (Å²) in [7, 11) is 0. The second kappa shape index (κ2) is 12.6. The zero-order valence-corrected chi connectivity index (χ0v) is 27.9. The number of aromatic nitrogens is 4. The minimum absolute atomic E-state index is 0. The van der Waals surface area contributed by atoms with E-state index in [0.717, 1.165) is 79.3 Å². The van der Waals surface area contributed by atoms with Crippen LogP contribution >= 0.6 is 0 Å². The van der Waals surface area contributed by atoms with E-state index in [-0.39, 0.29) is 29.9 Å². The van der Waals surface area contributed by atoms with Crippen LogP contribution in [-0.4, -0.2) is 43.9 Å². The van der Waals surface area contributed by atoms with E-state index >= 15 is 0 Å². The minimum atomic E-state index is -1.11. The van der Waals surface area contributed by atoms with Gasteiger partial charge in [0.15, 0.2) is 11.0 Å². The average Bonchev–Trinajstić information content (AvgIpc) is 3.53. The van der Waals surface area contributed by atoms with Gasteiger partial charge in [-0.05, 0) is 86.6 Å². The maximum absolute atomic E-state index is 11.8. The SMILES string of the molecule is CCC1=C(C)c2cc3[n-]c(cc4nc(cc5[n-]c(cc1n2)c(C)c5C[C@@H](N)C(=O)O)C(CCC(=O)O)=C4C)c(C)c3[C@@H]1C[SH+]1.[Fe+2]. The number of allylic oxidation sites excluding steroid dienone is 4. The van der Waals surface area contributed by atoms with Crippen LogP contribution in [0, 0.1) is 13.8 Å². The molecule has 11 heteroatoms. The molecule has 0 unspecified atom stereocenters. The number of thiol groups is 1. The third-order valence-corrected chi connectivity index (χ3v) is 9.93. The van der Waals surface area contributed by atoms with Crippen molar-refractivity contribution in [2.24, 2.45) is 5.73 Å². The van der Waals surface area contributed by atoms with Gasteiger partial charge in [-0.2, -0.15) is 0 Å². The Morgan fingerprint density at radius 2 is 1.42 bits per heavy atom. The number of carboxylic acids is 2. The first-order valence-electron chi connectivity index (χ1n) is 14.9. The Hall–Kier alpha value is -3.63. The molecule has 6 heterocycles. The maximum atomic E-state index is 11.8. The maximum Gasteiger partial charge on any atom is 2.00 e. The Balaban J connectivity index is 0.00000400. The first kappa shape index (κ1) is 32.8. The molecule has 3 aromatic heterocycles. The number of aryl methyl sites for hydroxylation is 2. The van der Waals surface area contributed by atoms with Crippen LogP contribution in [0.15, 0.2) is 24.3 Å². The van der Waals surface area contributed by atoms with E-state index in [9.17, 15) is 19.8 Å². The summed E-state index contributed by atoms with van der Waals surface area (Å²) in [6.07, 6.45) is 1.14. The van der Waals surface area contributed by atoms with E-state index in [1.54, 1.807) is 0 Å². The molecular formula is C34H36FeN5O4S+. The van der Waals surface area contributed by atoms with E-state index < -0.39 is 18.0 Å². The van der Waals surface area contributed by atoms with Crippen molar-refractivity contribution < 1.29 is 36.9 Å². The fourth-order valence-corrected chi connectivity index (χ4v) is 7.05. The minimum Gasteiger partial charge on any atom is -0.657 e. The molecule has 0 spiro atoms. The topological polar surface area (TPSA) is 155 Å². The first-order valence-corrected chi connectivity index (χ1v) is 16.0. The summed E-state index contributed by atoms with van der Waals surface area (Å²) in [6.45, 7) is 10.2. The molecule has 1 fully saturated rings. The average molecular weight is 667 g/mol. The molecule has 3 aliphatic heterocycles. The third-order valence-electron chi connectivity index (χ3n) is 8.94. The van der Waals surface area contributed by atoms with Gasteiger partial charge in [-0.25, -0.2) is 9.97 Å². The number of rotatable bonds is 8. The molecule has 0 saturated carbocycles. The van der Waals surface area contributed by atoms with Crippen molar-refractivity contribution in [1.82, 2.24) is 19.9 Å². The van der Waals surface area contributed by atoms with Gasteiger partial charge in [0.2, 0.25) is 0 Å². The standard InChI is InChI=1S/C34H37N5O4S.Fe/c1-6-19-15(2)25-12-30-33(31-14-44-31)18(5)26(39-30)10-23-16(3)20(7-8-32(40)41)28(37-23)13-29-21(9-22(35)34(42)43)17(4)24(38-29)11-27(19)36-25;/h10-13,22,31H,6-9,14,35H2,1-5H3,(H4,36,37,38,39,40,41,42,43);/q;+2/p-1/t22-,31+;/m1./s1. The smallest absolute Gasteiger partial charge is 0.657 e. The number of aliphatic carboxylic acids is 2. The molecule has 234 valence electrons. The molecule has 9 nitrogen and oxygen atoms in total. The van der Waals surface area contributed by atoms with Crippen LogP contribution in [0.4, 0.5) is 0 Å². The number of nitrogens with zero attached hydrogens (tertiary/aromatic N) is 4. The Labute approximate surface area is 276 Å². The van der Waals surface area contributed by atoms with Crippen LogP contribution in [0.2, 0.25) is 0 Å². The molecule has 0 aliphatic carbocycles. The fourth-order valence-electron chi connectivity index (χ4n) is 6.25. The predicted molar refractivity (Wildman–Crippen MR) is 176 cm³/mol. The Kier molecular flexibility index (Phi) is 9.20. The van der Waals surface area contributed by atoms with Gasteiger partial charge in [0.25, 0.3) is 0 Å². The molecule has 3 aromatic rings. The van der Waals surface area contributed by atoms with Gasteiger partial charge in [0, 0.05) is 6.42 Å². The first-order chi connectivity index (χ1) is 21.0. The number of hydrogen-bond acceptors (Lipinski definition) is 5. The van der Waals surface area contributed by atoms with Gasteiger partial charge < -0.3 is 25.9 Å². The molecule has 0 radical (unpaired) electrons. The van der Waals surface area contributed by atoms with Crippen LogP contribution in [0.5, 0.6) is 0 Å². The zero-order valence-electron chi connectivity index (χ0n) is 25.9. The van der Waals surface area contributed by atoms with Crippen molar-refractivity contribution in [3.05, 3.63) is 69.3 Å². The Morgan fingerprint density at radius 3 is 2.02 bits per heavy atom. The van der Waals surface area contributed by atoms with E-state index in [1.807, 2.05) is 32.0 Å². The molecule has 45 heavy (non-hydrogen) atoms. The molecule has 0 aromatic carbocycles. The Morgan fingerprint density at radius 1 is 0.889 bits per heavy atom. The number of hydrogen-bond donors (Lipinski definition) is 3. The number of carboxylic acid groups (broad SMARTS) is 2. The molecule has 2 atom stereocenters. The van der Waals surface area contributed by atoms with Crippen LogP contribution in [0.3, 0.4) is 0 Å². The normalized spacial score (nSPS) is 16.5. The van der Waals surface area contributed by atoms with Crippen LogP contribution in [-0.2, 0) is 44.8 Å². The predicted octanol–water partition coefficient (Wildman–Crippen LogP) is 5.15. The van der Waals surface area contributed by atoms with Crippen molar-refractivity contribution in [3.63, 3.8) is 0 Å². The van der Waals surface area contributed by atoms with Gasteiger partial charge in [-0.3, -0.25) is 9.59 Å². The molecule has 1 saturated heterocycles. The summed E-state index contributed by atoms with van der Waals surface area (Å²) in [6, 6.07) is 6.81. The van der Waals surface area contributed by atoms with Crippen molar-refractivity contribution in [1.29, 1.82) is 0 Å². The molecule has 0 amide bonds. The number of fused-ring (bicyclic) bond motifs is 8. The summed E-state index contributed by atoms with van der Waals surface area (Å²) in [5, 5.41) is 19.6. The quantitative estimate of drug-likeness (QED) is 0.128. The Bertz CT molecular complexity index is 1970. The van der Waals surface area contributed by atoms with Crippen molar-refractivity contribution in [2.45, 2.75) is 71.6 Å². The zero-order chi connectivity index (χ0) is 31.4. The fraction of sp³-hybridized carbons (Fsp3) is 0.353. The number of nitrogens with two attached hydrogens (primary N) is 1. The monoisotopic (exact) mass is 666 g/mol. The summed E-state index contributed by atoms with van der Waals surface area (Å²) in [4.78, 5) is 43.5. The summed E-state index contributed by atoms with van der Waals surface area (Å²) in [5.41, 5.74) is 20.0. The van der Waals surface area contributed by atoms with E-state index in [0.29, 0.717) is 28.4 Å². The number of carbonyl (C=O) groups is 2. The van der Waals surface area contributed by atoms with Crippen LogP contribution < -0.4 is 15.7 Å². The van der Waals surface area contributed by atoms with E-state index in [1.165, 1.54) is 17.3 Å². The van der Waals surface area contributed by atoms with Gasteiger partial charge >= 0.3 is 29.0 Å². The van der Waals surface area contributed by atoms with Gasteiger partial charge in [0.1, 0.15) is 6.04 Å². The van der Waals surface area contributed by atoms with Crippen LogP contribution in [0.25, 0.3) is 44.4 Å². The van der Waals surface area contributed by atoms with Crippen molar-refractivity contribution in [3.8, 4) is 0 Å². The molecule has 4 N–H and O–H groups in total. The summed E-state index contributed by atoms with van der Waals surface area (Å²) < 4.78 is 0. The van der Waals surface area contributed by atoms with E-state index in [2.05, 4.69) is 26.8 Å². The van der Waals surface area contributed by atoms with Crippen molar-refractivity contribution >= 4 is 68.1 Å². The van der Waals surface area contributed by atoms with Crippen molar-refractivity contribution in [2.75, 3.05) is 5.75 Å². The molecular weight excluding hydrogens is 630 g/mol. The van der Waals surface area contributed by atoms with Gasteiger partial charge in [0.05, 0.1) is 22.8 Å². The third kappa shape index (κ3) is 6.14. The van der Waals surface area contributed by atoms with E-state index in [4.69, 9.17) is 25.7 Å². The van der Waals surface area contributed by atoms with Gasteiger partial charge in [-0.15, -0.1) is 22.1 Å². The summed E-state index contributed by atoms with van der Waals surface area (Å²) >= 11 is 1.40. The summed E-state index contributed by atoms with van der Waals surface area (Å²) in [5.74, 6) is -0.868. The van der Waals surface area contributed by atoms with Crippen LogP contribution in [0.1, 0.15) is 90.3 Å². The second-order valence-electron chi connectivity index (χ2n) is 11.7. The van der Waals surface area contributed by atoms with Gasteiger partial charge in [-0.1, -0.05) is 47.9 Å². The molecule has 3 aliphatic rings. The largest absolute Gasteiger partial charge is 2.00 e. The molecule has 8 bridgehead atoms. The second-order valence-corrected chi connectivity index (χ2v) is 13.1. The molecule has 6 rings (SSSR count).